The maximum atomic E-state index is 13.4. The van der Waals surface area contributed by atoms with Gasteiger partial charge in [0.2, 0.25) is 17.7 Å². The van der Waals surface area contributed by atoms with Crippen LogP contribution in [0.1, 0.15) is 72.9 Å². The molecule has 1 aliphatic carbocycles. The Labute approximate surface area is 212 Å². The minimum absolute atomic E-state index is 0.184. The first-order valence-corrected chi connectivity index (χ1v) is 13.0. The number of likely N-dealkylation sites (N-methyl/N-ethyl adjacent to an activating group) is 1. The highest BCUT2D eigenvalue weighted by Crippen LogP contribution is 2.36. The highest BCUT2D eigenvalue weighted by atomic mass is 16.2. The number of likely N-dealkylation sites (tertiary alicyclic amines) is 1. The van der Waals surface area contributed by atoms with Crippen LogP contribution in [0, 0.1) is 17.8 Å². The molecule has 4 amide bonds. The van der Waals surface area contributed by atoms with E-state index in [1.54, 1.807) is 11.0 Å². The maximum absolute atomic E-state index is 13.4. The lowest BCUT2D eigenvalue weighted by Crippen LogP contribution is -2.57. The number of nitrogens with one attached hydrogen (secondary N) is 1. The van der Waals surface area contributed by atoms with Crippen LogP contribution >= 0.6 is 0 Å². The molecule has 1 saturated carbocycles. The Morgan fingerprint density at radius 2 is 1.81 bits per heavy atom. The second kappa shape index (κ2) is 9.70. The molecule has 4 aliphatic rings. The molecule has 2 saturated heterocycles. The van der Waals surface area contributed by atoms with Crippen molar-refractivity contribution >= 4 is 23.6 Å². The van der Waals surface area contributed by atoms with E-state index in [1.807, 2.05) is 31.1 Å². The summed E-state index contributed by atoms with van der Waals surface area (Å²) in [5, 5.41) is 2.34. The number of carbonyl (C=O) groups excluding carboxylic acids is 4. The third-order valence-corrected chi connectivity index (χ3v) is 8.46. The van der Waals surface area contributed by atoms with Crippen molar-refractivity contribution in [2.24, 2.45) is 5.92 Å². The molecule has 5 rings (SSSR count). The van der Waals surface area contributed by atoms with Crippen molar-refractivity contribution in [1.29, 1.82) is 0 Å². The van der Waals surface area contributed by atoms with Crippen LogP contribution in [0.4, 0.5) is 0 Å². The Hall–Kier alpha value is -3.18. The van der Waals surface area contributed by atoms with Gasteiger partial charge in [0.15, 0.2) is 0 Å². The summed E-state index contributed by atoms with van der Waals surface area (Å²) in [7, 11) is 4.04. The van der Waals surface area contributed by atoms with Crippen LogP contribution in [0.5, 0.6) is 0 Å². The fourth-order valence-corrected chi connectivity index (χ4v) is 6.22. The van der Waals surface area contributed by atoms with E-state index in [1.165, 1.54) is 0 Å². The summed E-state index contributed by atoms with van der Waals surface area (Å²) in [6.07, 6.45) is 6.36. The standard InChI is InChI=1S/C28H34N4O4/c1-30(2)28(14-3-4-15-28)27(36)31-16-12-19(13-17-31)8-9-20-6-5-7-21-22(20)18-32(26(21)35)23-10-11-24(33)29-25(23)34/h5-7,19,23H,3-4,10-18H2,1-2H3,(H,29,33,34). The second-order valence-electron chi connectivity index (χ2n) is 10.7. The Morgan fingerprint density at radius 1 is 1.08 bits per heavy atom. The van der Waals surface area contributed by atoms with Crippen LogP contribution in [0.15, 0.2) is 18.2 Å². The SMILES string of the molecule is CN(C)C1(C(=O)N2CCC(C#Cc3cccc4c3CN(C3CCC(=O)NC3=O)C4=O)CC2)CCCC1. The number of benzene rings is 1. The number of fused-ring (bicyclic) bond motifs is 1. The molecule has 0 spiro atoms. The quantitative estimate of drug-likeness (QED) is 0.517. The van der Waals surface area contributed by atoms with Crippen LogP contribution < -0.4 is 5.32 Å². The molecule has 36 heavy (non-hydrogen) atoms. The third kappa shape index (κ3) is 4.30. The predicted molar refractivity (Wildman–Crippen MR) is 134 cm³/mol. The van der Waals surface area contributed by atoms with E-state index >= 15 is 0 Å². The van der Waals surface area contributed by atoms with Crippen molar-refractivity contribution in [3.05, 3.63) is 34.9 Å². The molecule has 1 N–H and O–H groups in total. The van der Waals surface area contributed by atoms with E-state index in [-0.39, 0.29) is 35.6 Å². The van der Waals surface area contributed by atoms with Crippen LogP contribution in [-0.2, 0) is 20.9 Å². The van der Waals surface area contributed by atoms with Crippen LogP contribution in [0.25, 0.3) is 0 Å². The van der Waals surface area contributed by atoms with Crippen molar-refractivity contribution < 1.29 is 19.2 Å². The first kappa shape index (κ1) is 24.5. The van der Waals surface area contributed by atoms with Gasteiger partial charge in [-0.3, -0.25) is 29.4 Å². The number of imide groups is 1. The zero-order valence-electron chi connectivity index (χ0n) is 21.1. The van der Waals surface area contributed by atoms with Crippen molar-refractivity contribution in [3.8, 4) is 11.8 Å². The number of hydrogen-bond donors (Lipinski definition) is 1. The molecule has 8 nitrogen and oxygen atoms in total. The average molecular weight is 491 g/mol. The summed E-state index contributed by atoms with van der Waals surface area (Å²) in [4.78, 5) is 56.0. The fourth-order valence-electron chi connectivity index (χ4n) is 6.22. The Balaban J connectivity index is 1.25. The van der Waals surface area contributed by atoms with Gasteiger partial charge in [-0.2, -0.15) is 0 Å². The predicted octanol–water partition coefficient (Wildman–Crippen LogP) is 1.91. The number of piperidine rings is 2. The highest BCUT2D eigenvalue weighted by Gasteiger charge is 2.46. The zero-order valence-corrected chi connectivity index (χ0v) is 21.1. The lowest BCUT2D eigenvalue weighted by Gasteiger charge is -2.41. The van der Waals surface area contributed by atoms with Gasteiger partial charge in [-0.25, -0.2) is 0 Å². The molecule has 3 heterocycles. The van der Waals surface area contributed by atoms with Gasteiger partial charge in [0.1, 0.15) is 11.6 Å². The summed E-state index contributed by atoms with van der Waals surface area (Å²) in [6.45, 7) is 1.77. The molecule has 1 atom stereocenters. The summed E-state index contributed by atoms with van der Waals surface area (Å²) < 4.78 is 0. The number of carbonyl (C=O) groups is 4. The van der Waals surface area contributed by atoms with Gasteiger partial charge in [-0.15, -0.1) is 0 Å². The van der Waals surface area contributed by atoms with E-state index in [0.717, 1.165) is 62.7 Å². The minimum Gasteiger partial charge on any atom is -0.341 e. The molecular formula is C28H34N4O4. The van der Waals surface area contributed by atoms with E-state index in [4.69, 9.17) is 0 Å². The van der Waals surface area contributed by atoms with E-state index in [9.17, 15) is 19.2 Å². The second-order valence-corrected chi connectivity index (χ2v) is 10.7. The average Bonchev–Trinajstić information content (AvgIpc) is 3.49. The van der Waals surface area contributed by atoms with Crippen molar-refractivity contribution in [3.63, 3.8) is 0 Å². The molecule has 1 unspecified atom stereocenters. The lowest BCUT2D eigenvalue weighted by molar-refractivity contribution is -0.144. The van der Waals surface area contributed by atoms with Gasteiger partial charge in [0.25, 0.3) is 5.91 Å². The number of amides is 4. The van der Waals surface area contributed by atoms with E-state index < -0.39 is 11.9 Å². The third-order valence-electron chi connectivity index (χ3n) is 8.46. The van der Waals surface area contributed by atoms with Gasteiger partial charge >= 0.3 is 0 Å². The largest absolute Gasteiger partial charge is 0.341 e. The molecular weight excluding hydrogens is 456 g/mol. The highest BCUT2D eigenvalue weighted by molar-refractivity contribution is 6.05. The Kier molecular flexibility index (Phi) is 6.60. The smallest absolute Gasteiger partial charge is 0.255 e. The van der Waals surface area contributed by atoms with Gasteiger partial charge in [0, 0.05) is 43.1 Å². The molecule has 8 heteroatoms. The van der Waals surface area contributed by atoms with Gasteiger partial charge in [-0.05, 0) is 63.9 Å². The van der Waals surface area contributed by atoms with Crippen molar-refractivity contribution in [1.82, 2.24) is 20.0 Å². The van der Waals surface area contributed by atoms with Gasteiger partial charge < -0.3 is 9.80 Å². The van der Waals surface area contributed by atoms with Crippen LogP contribution in [0.2, 0.25) is 0 Å². The molecule has 0 aromatic heterocycles. The molecule has 1 aromatic rings. The first-order valence-electron chi connectivity index (χ1n) is 13.0. The molecule has 0 bridgehead atoms. The monoisotopic (exact) mass is 490 g/mol. The first-order chi connectivity index (χ1) is 17.3. The van der Waals surface area contributed by atoms with E-state index in [2.05, 4.69) is 22.1 Å². The summed E-state index contributed by atoms with van der Waals surface area (Å²) in [6, 6.07) is 4.91. The van der Waals surface area contributed by atoms with E-state index in [0.29, 0.717) is 18.5 Å². The zero-order chi connectivity index (χ0) is 25.4. The maximum Gasteiger partial charge on any atom is 0.255 e. The van der Waals surface area contributed by atoms with Crippen LogP contribution in [0.3, 0.4) is 0 Å². The summed E-state index contributed by atoms with van der Waals surface area (Å²) >= 11 is 0. The molecule has 0 radical (unpaired) electrons. The van der Waals surface area contributed by atoms with Crippen molar-refractivity contribution in [2.75, 3.05) is 27.2 Å². The minimum atomic E-state index is -0.629. The summed E-state index contributed by atoms with van der Waals surface area (Å²) in [5.41, 5.74) is 1.90. The fraction of sp³-hybridized carbons (Fsp3) is 0.571. The number of hydrogen-bond acceptors (Lipinski definition) is 5. The number of nitrogens with zero attached hydrogens (tertiary/aromatic N) is 3. The number of rotatable bonds is 3. The molecule has 190 valence electrons. The van der Waals surface area contributed by atoms with Crippen molar-refractivity contribution in [2.45, 2.75) is 69.5 Å². The van der Waals surface area contributed by atoms with Gasteiger partial charge in [0.05, 0.1) is 0 Å². The molecule has 3 aliphatic heterocycles. The Morgan fingerprint density at radius 3 is 2.47 bits per heavy atom. The molecule has 1 aromatic carbocycles. The summed E-state index contributed by atoms with van der Waals surface area (Å²) in [5.74, 6) is 6.29. The lowest BCUT2D eigenvalue weighted by atomic mass is 9.90. The topological polar surface area (TPSA) is 90.0 Å². The Bertz CT molecular complexity index is 1150. The van der Waals surface area contributed by atoms with Gasteiger partial charge in [-0.1, -0.05) is 30.7 Å². The molecule has 3 fully saturated rings. The van der Waals surface area contributed by atoms with Crippen LogP contribution in [-0.4, -0.2) is 77.1 Å². The normalized spacial score (nSPS) is 24.0.